The molecular weight excluding hydrogens is 256 g/mol. The zero-order chi connectivity index (χ0) is 13.7. The first-order valence-corrected chi connectivity index (χ1v) is 7.01. The van der Waals surface area contributed by atoms with Gasteiger partial charge in [-0.15, -0.1) is 0 Å². The van der Waals surface area contributed by atoms with Crippen LogP contribution in [0.4, 0.5) is 0 Å². The number of aryl methyl sites for hydroxylation is 1. The molecule has 1 aromatic carbocycles. The maximum atomic E-state index is 6.30. The molecule has 0 bridgehead atoms. The first-order chi connectivity index (χ1) is 9.24. The van der Waals surface area contributed by atoms with Crippen molar-refractivity contribution in [1.29, 1.82) is 0 Å². The van der Waals surface area contributed by atoms with Crippen LogP contribution in [-0.2, 0) is 0 Å². The van der Waals surface area contributed by atoms with Gasteiger partial charge >= 0.3 is 0 Å². The Morgan fingerprint density at radius 2 is 2.00 bits per heavy atom. The average molecular weight is 275 g/mol. The normalized spacial score (nSPS) is 12.4. The van der Waals surface area contributed by atoms with E-state index in [1.807, 2.05) is 12.1 Å². The molecule has 1 atom stereocenters. The monoisotopic (exact) mass is 274 g/mol. The van der Waals surface area contributed by atoms with Gasteiger partial charge in [0.15, 0.2) is 0 Å². The fraction of sp³-hybridized carbons (Fsp3) is 0.312. The molecule has 1 aromatic heterocycles. The van der Waals surface area contributed by atoms with Crippen molar-refractivity contribution in [2.24, 2.45) is 0 Å². The van der Waals surface area contributed by atoms with Crippen LogP contribution in [0.1, 0.15) is 36.2 Å². The molecule has 0 fully saturated rings. The summed E-state index contributed by atoms with van der Waals surface area (Å²) in [6.45, 7) is 5.21. The zero-order valence-electron chi connectivity index (χ0n) is 11.4. The van der Waals surface area contributed by atoms with E-state index in [1.165, 1.54) is 11.1 Å². The van der Waals surface area contributed by atoms with Crippen LogP contribution in [0.3, 0.4) is 0 Å². The third kappa shape index (κ3) is 3.34. The van der Waals surface area contributed by atoms with Gasteiger partial charge in [-0.25, -0.2) is 0 Å². The Kier molecular flexibility index (Phi) is 4.94. The Hall–Kier alpha value is -1.38. The Labute approximate surface area is 119 Å². The minimum atomic E-state index is 0.0508. The summed E-state index contributed by atoms with van der Waals surface area (Å²) < 4.78 is 0. The van der Waals surface area contributed by atoms with E-state index in [0.717, 1.165) is 18.7 Å². The standard InChI is InChI=1S/C16H19ClN2/c1-3-10-18-15(13-8-5-4-7-12(13)2)16-14(17)9-6-11-19-16/h4-9,11,15,18H,3,10H2,1-2H3. The molecule has 3 heteroatoms. The van der Waals surface area contributed by atoms with Gasteiger partial charge in [0.05, 0.1) is 16.8 Å². The van der Waals surface area contributed by atoms with E-state index in [-0.39, 0.29) is 6.04 Å². The molecule has 2 aromatic rings. The van der Waals surface area contributed by atoms with Crippen molar-refractivity contribution in [3.63, 3.8) is 0 Å². The van der Waals surface area contributed by atoms with E-state index in [4.69, 9.17) is 11.6 Å². The largest absolute Gasteiger partial charge is 0.305 e. The van der Waals surface area contributed by atoms with Crippen molar-refractivity contribution in [2.75, 3.05) is 6.54 Å². The van der Waals surface area contributed by atoms with Gasteiger partial charge in [0.25, 0.3) is 0 Å². The van der Waals surface area contributed by atoms with Crippen molar-refractivity contribution < 1.29 is 0 Å². The molecule has 1 N–H and O–H groups in total. The predicted molar refractivity (Wildman–Crippen MR) is 80.6 cm³/mol. The molecule has 19 heavy (non-hydrogen) atoms. The van der Waals surface area contributed by atoms with Crippen LogP contribution in [0, 0.1) is 6.92 Å². The SMILES string of the molecule is CCCNC(c1ccccc1C)c1ncccc1Cl. The predicted octanol–water partition coefficient (Wildman–Crippen LogP) is 4.13. The van der Waals surface area contributed by atoms with Crippen LogP contribution in [0.2, 0.25) is 5.02 Å². The number of hydrogen-bond donors (Lipinski definition) is 1. The van der Waals surface area contributed by atoms with Crippen molar-refractivity contribution in [3.8, 4) is 0 Å². The topological polar surface area (TPSA) is 24.9 Å². The third-order valence-electron chi connectivity index (χ3n) is 3.16. The van der Waals surface area contributed by atoms with Crippen molar-refractivity contribution >= 4 is 11.6 Å². The highest BCUT2D eigenvalue weighted by atomic mass is 35.5. The smallest absolute Gasteiger partial charge is 0.0804 e. The Bertz CT molecular complexity index is 494. The first-order valence-electron chi connectivity index (χ1n) is 6.63. The summed E-state index contributed by atoms with van der Waals surface area (Å²) in [6.07, 6.45) is 2.87. The van der Waals surface area contributed by atoms with Gasteiger partial charge in [0, 0.05) is 6.20 Å². The number of pyridine rings is 1. The second-order valence-electron chi connectivity index (χ2n) is 4.61. The van der Waals surface area contributed by atoms with Gasteiger partial charge in [-0.2, -0.15) is 0 Å². The Balaban J connectivity index is 2.42. The van der Waals surface area contributed by atoms with Crippen LogP contribution in [0.15, 0.2) is 42.6 Å². The lowest BCUT2D eigenvalue weighted by Gasteiger charge is -2.21. The molecule has 1 heterocycles. The van der Waals surface area contributed by atoms with Gasteiger partial charge in [-0.05, 0) is 43.1 Å². The van der Waals surface area contributed by atoms with Crippen LogP contribution in [-0.4, -0.2) is 11.5 Å². The van der Waals surface area contributed by atoms with Gasteiger partial charge in [0.1, 0.15) is 0 Å². The number of nitrogens with zero attached hydrogens (tertiary/aromatic N) is 1. The quantitative estimate of drug-likeness (QED) is 0.887. The molecule has 0 aliphatic heterocycles. The van der Waals surface area contributed by atoms with Crippen LogP contribution in [0.5, 0.6) is 0 Å². The molecule has 0 spiro atoms. The van der Waals surface area contributed by atoms with E-state index in [2.05, 4.69) is 48.4 Å². The minimum Gasteiger partial charge on any atom is -0.305 e. The number of hydrogen-bond acceptors (Lipinski definition) is 2. The molecule has 0 saturated heterocycles. The highest BCUT2D eigenvalue weighted by Gasteiger charge is 2.18. The van der Waals surface area contributed by atoms with E-state index < -0.39 is 0 Å². The third-order valence-corrected chi connectivity index (χ3v) is 3.48. The molecule has 2 nitrogen and oxygen atoms in total. The summed E-state index contributed by atoms with van der Waals surface area (Å²) in [5.74, 6) is 0. The molecule has 100 valence electrons. The number of benzene rings is 1. The average Bonchev–Trinajstić information content (AvgIpc) is 2.42. The summed E-state index contributed by atoms with van der Waals surface area (Å²) in [5.41, 5.74) is 3.38. The lowest BCUT2D eigenvalue weighted by atomic mass is 9.98. The Morgan fingerprint density at radius 3 is 2.68 bits per heavy atom. The first kappa shape index (κ1) is 14.0. The van der Waals surface area contributed by atoms with Crippen molar-refractivity contribution in [3.05, 3.63) is 64.4 Å². The van der Waals surface area contributed by atoms with Crippen molar-refractivity contribution in [2.45, 2.75) is 26.3 Å². The maximum Gasteiger partial charge on any atom is 0.0804 e. The zero-order valence-corrected chi connectivity index (χ0v) is 12.1. The van der Waals surface area contributed by atoms with Crippen LogP contribution >= 0.6 is 11.6 Å². The fourth-order valence-corrected chi connectivity index (χ4v) is 2.39. The molecule has 0 amide bonds. The van der Waals surface area contributed by atoms with E-state index in [9.17, 15) is 0 Å². The number of nitrogens with one attached hydrogen (secondary N) is 1. The molecule has 0 aliphatic carbocycles. The van der Waals surface area contributed by atoms with Crippen molar-refractivity contribution in [1.82, 2.24) is 10.3 Å². The van der Waals surface area contributed by atoms with Gasteiger partial charge in [-0.1, -0.05) is 42.8 Å². The Morgan fingerprint density at radius 1 is 1.21 bits per heavy atom. The highest BCUT2D eigenvalue weighted by molar-refractivity contribution is 6.31. The molecule has 1 unspecified atom stereocenters. The lowest BCUT2D eigenvalue weighted by molar-refractivity contribution is 0.584. The van der Waals surface area contributed by atoms with Gasteiger partial charge in [-0.3, -0.25) is 4.98 Å². The minimum absolute atomic E-state index is 0.0508. The summed E-state index contributed by atoms with van der Waals surface area (Å²) >= 11 is 6.30. The second kappa shape index (κ2) is 6.69. The van der Waals surface area contributed by atoms with E-state index in [0.29, 0.717) is 5.02 Å². The second-order valence-corrected chi connectivity index (χ2v) is 5.02. The van der Waals surface area contributed by atoms with Gasteiger partial charge in [0.2, 0.25) is 0 Å². The summed E-state index contributed by atoms with van der Waals surface area (Å²) in [6, 6.07) is 12.2. The molecular formula is C16H19ClN2. The van der Waals surface area contributed by atoms with Gasteiger partial charge < -0.3 is 5.32 Å². The van der Waals surface area contributed by atoms with Crippen LogP contribution < -0.4 is 5.32 Å². The molecule has 0 aliphatic rings. The summed E-state index contributed by atoms with van der Waals surface area (Å²) in [7, 11) is 0. The van der Waals surface area contributed by atoms with E-state index >= 15 is 0 Å². The molecule has 0 saturated carbocycles. The summed E-state index contributed by atoms with van der Waals surface area (Å²) in [4.78, 5) is 4.45. The fourth-order valence-electron chi connectivity index (χ4n) is 2.16. The van der Waals surface area contributed by atoms with Crippen LogP contribution in [0.25, 0.3) is 0 Å². The highest BCUT2D eigenvalue weighted by Crippen LogP contribution is 2.28. The number of aromatic nitrogens is 1. The lowest BCUT2D eigenvalue weighted by Crippen LogP contribution is -2.25. The summed E-state index contributed by atoms with van der Waals surface area (Å²) in [5, 5.41) is 4.24. The molecule has 0 radical (unpaired) electrons. The van der Waals surface area contributed by atoms with E-state index in [1.54, 1.807) is 6.20 Å². The number of rotatable bonds is 5. The molecule has 2 rings (SSSR count). The number of halogens is 1. The maximum absolute atomic E-state index is 6.30.